The summed E-state index contributed by atoms with van der Waals surface area (Å²) >= 11 is 6.94. The van der Waals surface area contributed by atoms with Crippen LogP contribution in [-0.2, 0) is 0 Å². The maximum Gasteiger partial charge on any atom is 0.573 e. The number of carbonyl (C=O) groups is 2. The molecule has 0 bridgehead atoms. The van der Waals surface area contributed by atoms with Crippen LogP contribution in [0.25, 0.3) is 5.13 Å². The Morgan fingerprint density at radius 3 is 2.61 bits per heavy atom. The second kappa shape index (κ2) is 9.35. The normalized spacial score (nSPS) is 12.4. The first-order chi connectivity index (χ1) is 15.3. The van der Waals surface area contributed by atoms with E-state index in [9.17, 15) is 22.8 Å². The number of amides is 2. The number of ether oxygens (including phenoxy) is 1. The first-order valence-corrected chi connectivity index (χ1v) is 10.5. The molecule has 2 aromatic heterocycles. The number of thiazole rings is 1. The van der Waals surface area contributed by atoms with Crippen LogP contribution in [0.5, 0.6) is 5.75 Å². The highest BCUT2D eigenvalue weighted by molar-refractivity contribution is 7.16. The molecule has 2 heterocycles. The number of nitrogens with zero attached hydrogens (tertiary/aromatic N) is 5. The molecule has 1 aromatic carbocycles. The Balaban J connectivity index is 1.84. The van der Waals surface area contributed by atoms with Gasteiger partial charge in [0.05, 0.1) is 12.2 Å². The van der Waals surface area contributed by atoms with Gasteiger partial charge < -0.3 is 15.0 Å². The summed E-state index contributed by atoms with van der Waals surface area (Å²) in [5, 5.41) is 7.18. The molecule has 33 heavy (non-hydrogen) atoms. The van der Waals surface area contributed by atoms with Gasteiger partial charge in [0.15, 0.2) is 5.82 Å². The van der Waals surface area contributed by atoms with E-state index in [0.29, 0.717) is 21.7 Å². The summed E-state index contributed by atoms with van der Waals surface area (Å²) < 4.78 is 42.8. The number of nitrogens with one attached hydrogen (secondary N) is 1. The fraction of sp³-hybridized carbons (Fsp3) is 0.316. The highest BCUT2D eigenvalue weighted by Gasteiger charge is 2.31. The molecular formula is C19H18ClF3N6O3S. The quantitative estimate of drug-likeness (QED) is 0.550. The largest absolute Gasteiger partial charge is 0.573 e. The Labute approximate surface area is 195 Å². The van der Waals surface area contributed by atoms with E-state index < -0.39 is 24.1 Å². The van der Waals surface area contributed by atoms with Gasteiger partial charge in [-0.3, -0.25) is 9.59 Å². The van der Waals surface area contributed by atoms with Crippen molar-refractivity contribution in [3.63, 3.8) is 0 Å². The van der Waals surface area contributed by atoms with E-state index in [1.165, 1.54) is 21.8 Å². The summed E-state index contributed by atoms with van der Waals surface area (Å²) in [5.74, 6) is -0.839. The molecule has 0 saturated carbocycles. The standard InChI is InChI=1S/C19H18ClF3N6O3S/c1-9(25-16(30)11-5-12(20)7-13(6-11)32-19(21,22)23)15-26-10(2)27-29(15)18-24-8-14(33-18)17(31)28(3)4/h5-9H,1-4H3,(H,25,30)/t9-/m0/s1. The number of rotatable bonds is 6. The van der Waals surface area contributed by atoms with Crippen molar-refractivity contribution in [1.29, 1.82) is 0 Å². The Hall–Kier alpha value is -3.19. The predicted molar refractivity (Wildman–Crippen MR) is 114 cm³/mol. The number of halogens is 4. The molecule has 0 fully saturated rings. The maximum absolute atomic E-state index is 12.7. The Morgan fingerprint density at radius 2 is 1.97 bits per heavy atom. The topological polar surface area (TPSA) is 102 Å². The summed E-state index contributed by atoms with van der Waals surface area (Å²) in [5.41, 5.74) is -0.135. The highest BCUT2D eigenvalue weighted by Crippen LogP contribution is 2.28. The molecule has 1 N–H and O–H groups in total. The summed E-state index contributed by atoms with van der Waals surface area (Å²) in [6.07, 6.45) is -3.51. The third-order valence-corrected chi connectivity index (χ3v) is 5.31. The molecule has 176 valence electrons. The number of carbonyl (C=O) groups excluding carboxylic acids is 2. The smallest absolute Gasteiger partial charge is 0.406 e. The van der Waals surface area contributed by atoms with Crippen LogP contribution in [0.15, 0.2) is 24.4 Å². The first kappa shape index (κ1) is 24.5. The number of alkyl halides is 3. The molecule has 2 amide bonds. The Bertz CT molecular complexity index is 1190. The molecule has 0 aliphatic heterocycles. The Morgan fingerprint density at radius 1 is 1.27 bits per heavy atom. The monoisotopic (exact) mass is 502 g/mol. The molecule has 3 aromatic rings. The third-order valence-electron chi connectivity index (χ3n) is 4.13. The number of hydrogen-bond acceptors (Lipinski definition) is 7. The third kappa shape index (κ3) is 5.99. The van der Waals surface area contributed by atoms with Crippen molar-refractivity contribution >= 4 is 34.8 Å². The minimum absolute atomic E-state index is 0.102. The zero-order valence-corrected chi connectivity index (χ0v) is 19.3. The van der Waals surface area contributed by atoms with Gasteiger partial charge in [-0.15, -0.1) is 18.3 Å². The van der Waals surface area contributed by atoms with Gasteiger partial charge in [0, 0.05) is 24.7 Å². The number of benzene rings is 1. The average Bonchev–Trinajstić information content (AvgIpc) is 3.32. The molecule has 0 radical (unpaired) electrons. The lowest BCUT2D eigenvalue weighted by atomic mass is 10.2. The van der Waals surface area contributed by atoms with Crippen LogP contribution < -0.4 is 10.1 Å². The minimum atomic E-state index is -4.93. The zero-order chi connectivity index (χ0) is 24.5. The van der Waals surface area contributed by atoms with E-state index in [2.05, 4.69) is 25.1 Å². The van der Waals surface area contributed by atoms with Crippen LogP contribution in [0.2, 0.25) is 5.02 Å². The van der Waals surface area contributed by atoms with Crippen molar-refractivity contribution in [2.75, 3.05) is 14.1 Å². The van der Waals surface area contributed by atoms with E-state index in [4.69, 9.17) is 11.6 Å². The fourth-order valence-corrected chi connectivity index (χ4v) is 3.89. The second-order valence-electron chi connectivity index (χ2n) is 7.05. The van der Waals surface area contributed by atoms with Crippen LogP contribution >= 0.6 is 22.9 Å². The lowest BCUT2D eigenvalue weighted by Crippen LogP contribution is -2.29. The van der Waals surface area contributed by atoms with Crippen molar-refractivity contribution in [2.45, 2.75) is 26.3 Å². The number of hydrogen-bond donors (Lipinski definition) is 1. The van der Waals surface area contributed by atoms with Gasteiger partial charge >= 0.3 is 6.36 Å². The second-order valence-corrected chi connectivity index (χ2v) is 8.50. The number of aryl methyl sites for hydroxylation is 1. The van der Waals surface area contributed by atoms with Gasteiger partial charge in [0.25, 0.3) is 11.8 Å². The van der Waals surface area contributed by atoms with Crippen molar-refractivity contribution in [1.82, 2.24) is 30.0 Å². The van der Waals surface area contributed by atoms with Crippen LogP contribution in [0.3, 0.4) is 0 Å². The van der Waals surface area contributed by atoms with E-state index in [-0.39, 0.29) is 16.5 Å². The predicted octanol–water partition coefficient (Wildman–Crippen LogP) is 3.78. The fourth-order valence-electron chi connectivity index (χ4n) is 2.77. The molecule has 0 unspecified atom stereocenters. The summed E-state index contributed by atoms with van der Waals surface area (Å²) in [6.45, 7) is 3.26. The number of aromatic nitrogens is 4. The molecule has 3 rings (SSSR count). The minimum Gasteiger partial charge on any atom is -0.406 e. The van der Waals surface area contributed by atoms with E-state index >= 15 is 0 Å². The van der Waals surface area contributed by atoms with Gasteiger partial charge in [-0.1, -0.05) is 22.9 Å². The molecule has 0 aliphatic carbocycles. The average molecular weight is 503 g/mol. The summed E-state index contributed by atoms with van der Waals surface area (Å²) in [4.78, 5) is 35.2. The van der Waals surface area contributed by atoms with Crippen LogP contribution in [0.1, 0.15) is 44.6 Å². The molecule has 14 heteroatoms. The molecule has 1 atom stereocenters. The summed E-state index contributed by atoms with van der Waals surface area (Å²) in [6, 6.07) is 2.37. The van der Waals surface area contributed by atoms with Crippen molar-refractivity contribution < 1.29 is 27.5 Å². The SMILES string of the molecule is Cc1nc([C@H](C)NC(=O)c2cc(Cl)cc(OC(F)(F)F)c2)n(-c2ncc(C(=O)N(C)C)s2)n1. The lowest BCUT2D eigenvalue weighted by molar-refractivity contribution is -0.274. The Kier molecular flexibility index (Phi) is 6.93. The van der Waals surface area contributed by atoms with E-state index in [1.807, 2.05) is 0 Å². The van der Waals surface area contributed by atoms with E-state index in [1.54, 1.807) is 27.9 Å². The van der Waals surface area contributed by atoms with Crippen LogP contribution in [0, 0.1) is 6.92 Å². The van der Waals surface area contributed by atoms with Gasteiger partial charge in [-0.05, 0) is 32.0 Å². The van der Waals surface area contributed by atoms with Crippen molar-refractivity contribution in [2.24, 2.45) is 0 Å². The van der Waals surface area contributed by atoms with Gasteiger partial charge in [-0.2, -0.15) is 4.68 Å². The van der Waals surface area contributed by atoms with Gasteiger partial charge in [0.2, 0.25) is 5.13 Å². The molecule has 0 spiro atoms. The molecule has 9 nitrogen and oxygen atoms in total. The lowest BCUT2D eigenvalue weighted by Gasteiger charge is -2.15. The molecule has 0 aliphatic rings. The highest BCUT2D eigenvalue weighted by atomic mass is 35.5. The van der Waals surface area contributed by atoms with Crippen molar-refractivity contribution in [3.8, 4) is 10.9 Å². The van der Waals surface area contributed by atoms with Gasteiger partial charge in [-0.25, -0.2) is 9.97 Å². The molecular weight excluding hydrogens is 485 g/mol. The zero-order valence-electron chi connectivity index (χ0n) is 17.8. The maximum atomic E-state index is 12.7. The summed E-state index contributed by atoms with van der Waals surface area (Å²) in [7, 11) is 3.23. The first-order valence-electron chi connectivity index (χ1n) is 9.32. The molecule has 0 saturated heterocycles. The van der Waals surface area contributed by atoms with Crippen LogP contribution in [-0.4, -0.2) is 56.9 Å². The van der Waals surface area contributed by atoms with Gasteiger partial charge in [0.1, 0.15) is 16.5 Å². The van der Waals surface area contributed by atoms with Crippen molar-refractivity contribution in [3.05, 3.63) is 51.5 Å². The van der Waals surface area contributed by atoms with Crippen LogP contribution in [0.4, 0.5) is 13.2 Å². The van der Waals surface area contributed by atoms with E-state index in [0.717, 1.165) is 23.5 Å².